The van der Waals surface area contributed by atoms with Crippen LogP contribution < -0.4 is 0 Å². The number of phosphoric acid groups is 1. The average Bonchev–Trinajstić information content (AvgIpc) is 3.20. The largest absolute Gasteiger partial charge is 0.472 e. The quantitative estimate of drug-likeness (QED) is 0.0235. The molecular weight excluding hydrogens is 743 g/mol. The Kier molecular flexibility index (Phi) is 40.1. The molecule has 0 saturated carbocycles. The Hall–Kier alpha value is -2.33. The van der Waals surface area contributed by atoms with Gasteiger partial charge in [-0.25, -0.2) is 4.57 Å². The van der Waals surface area contributed by atoms with E-state index in [0.29, 0.717) is 12.8 Å². The van der Waals surface area contributed by atoms with Crippen LogP contribution in [0.4, 0.5) is 0 Å². The van der Waals surface area contributed by atoms with E-state index < -0.39 is 51.8 Å². The smallest absolute Gasteiger partial charge is 0.462 e. The number of esters is 2. The van der Waals surface area contributed by atoms with E-state index in [9.17, 15) is 24.2 Å². The van der Waals surface area contributed by atoms with Gasteiger partial charge in [0.15, 0.2) is 6.10 Å². The molecule has 0 fully saturated rings. The molecule has 10 nitrogen and oxygen atoms in total. The van der Waals surface area contributed by atoms with Crippen LogP contribution in [0.15, 0.2) is 60.8 Å². The second-order valence-electron chi connectivity index (χ2n) is 14.7. The van der Waals surface area contributed by atoms with Crippen LogP contribution in [0.3, 0.4) is 0 Å². The lowest BCUT2D eigenvalue weighted by Crippen LogP contribution is -2.29. The third-order valence-corrected chi connectivity index (χ3v) is 10.1. The van der Waals surface area contributed by atoms with Gasteiger partial charge in [-0.2, -0.15) is 0 Å². The number of unbranched alkanes of at least 4 members (excludes halogenated alkanes) is 17. The van der Waals surface area contributed by atoms with Crippen molar-refractivity contribution in [3.05, 3.63) is 60.8 Å². The average molecular weight is 825 g/mol. The number of aliphatic hydroxyl groups is 2. The summed E-state index contributed by atoms with van der Waals surface area (Å²) in [7, 11) is -4.63. The first-order valence-electron chi connectivity index (χ1n) is 22.2. The third kappa shape index (κ3) is 41.6. The minimum Gasteiger partial charge on any atom is -0.462 e. The van der Waals surface area contributed by atoms with Crippen LogP contribution in [-0.2, 0) is 32.7 Å². The van der Waals surface area contributed by atoms with Crippen LogP contribution in [0.2, 0.25) is 0 Å². The van der Waals surface area contributed by atoms with Crippen molar-refractivity contribution in [2.75, 3.05) is 26.4 Å². The van der Waals surface area contributed by atoms with Gasteiger partial charge in [0.05, 0.1) is 19.8 Å². The van der Waals surface area contributed by atoms with Crippen LogP contribution >= 0.6 is 7.82 Å². The number of phosphoric ester groups is 1. The van der Waals surface area contributed by atoms with E-state index >= 15 is 0 Å². The molecule has 0 amide bonds. The van der Waals surface area contributed by atoms with E-state index in [1.807, 2.05) is 0 Å². The summed E-state index contributed by atoms with van der Waals surface area (Å²) in [6.45, 7) is 2.29. The summed E-state index contributed by atoms with van der Waals surface area (Å²) < 4.78 is 32.7. The van der Waals surface area contributed by atoms with E-state index in [1.165, 1.54) is 64.2 Å². The molecule has 0 bridgehead atoms. The molecule has 330 valence electrons. The molecule has 0 aliphatic carbocycles. The zero-order valence-corrected chi connectivity index (χ0v) is 36.7. The van der Waals surface area contributed by atoms with Crippen LogP contribution in [0.25, 0.3) is 0 Å². The van der Waals surface area contributed by atoms with E-state index in [0.717, 1.165) is 77.0 Å². The lowest BCUT2D eigenvalue weighted by Gasteiger charge is -2.20. The Morgan fingerprint density at radius 1 is 0.526 bits per heavy atom. The predicted octanol–water partition coefficient (Wildman–Crippen LogP) is 11.9. The topological polar surface area (TPSA) is 149 Å². The van der Waals surface area contributed by atoms with Crippen molar-refractivity contribution in [2.45, 2.75) is 193 Å². The van der Waals surface area contributed by atoms with Gasteiger partial charge in [-0.3, -0.25) is 18.6 Å². The maximum absolute atomic E-state index is 12.6. The number of allylic oxidation sites excluding steroid dienone is 10. The van der Waals surface area contributed by atoms with Crippen LogP contribution in [0.1, 0.15) is 181 Å². The van der Waals surface area contributed by atoms with Crippen molar-refractivity contribution in [2.24, 2.45) is 0 Å². The molecule has 3 N–H and O–H groups in total. The van der Waals surface area contributed by atoms with E-state index in [-0.39, 0.29) is 19.4 Å². The molecule has 0 aromatic heterocycles. The molecule has 1 unspecified atom stereocenters. The van der Waals surface area contributed by atoms with Crippen molar-refractivity contribution in [1.82, 2.24) is 0 Å². The molecule has 0 rings (SSSR count). The normalized spacial score (nSPS) is 14.4. The van der Waals surface area contributed by atoms with Gasteiger partial charge in [-0.15, -0.1) is 0 Å². The zero-order valence-electron chi connectivity index (χ0n) is 35.8. The number of rotatable bonds is 41. The Morgan fingerprint density at radius 2 is 0.912 bits per heavy atom. The maximum Gasteiger partial charge on any atom is 0.472 e. The maximum atomic E-state index is 12.6. The van der Waals surface area contributed by atoms with Crippen LogP contribution in [0.5, 0.6) is 0 Å². The van der Waals surface area contributed by atoms with Crippen LogP contribution in [0, 0.1) is 0 Å². The first kappa shape index (κ1) is 54.7. The van der Waals surface area contributed by atoms with Crippen LogP contribution in [-0.4, -0.2) is 65.7 Å². The monoisotopic (exact) mass is 825 g/mol. The summed E-state index contributed by atoms with van der Waals surface area (Å²) in [6.07, 6.45) is 46.0. The van der Waals surface area contributed by atoms with Gasteiger partial charge in [-0.1, -0.05) is 145 Å². The predicted molar refractivity (Wildman–Crippen MR) is 233 cm³/mol. The van der Waals surface area contributed by atoms with E-state index in [1.54, 1.807) is 0 Å². The minimum absolute atomic E-state index is 0.168. The second kappa shape index (κ2) is 41.8. The highest BCUT2D eigenvalue weighted by molar-refractivity contribution is 7.47. The molecule has 0 spiro atoms. The molecule has 0 aromatic carbocycles. The number of carbonyl (C=O) groups is 2. The molecule has 0 radical (unpaired) electrons. The molecule has 0 saturated heterocycles. The Bertz CT molecular complexity index is 1130. The highest BCUT2D eigenvalue weighted by Crippen LogP contribution is 2.43. The molecule has 0 aliphatic heterocycles. The molecule has 0 aliphatic rings. The van der Waals surface area contributed by atoms with Crippen molar-refractivity contribution >= 4 is 19.8 Å². The zero-order chi connectivity index (χ0) is 41.9. The first-order valence-corrected chi connectivity index (χ1v) is 23.7. The fourth-order valence-corrected chi connectivity index (χ4v) is 6.47. The fraction of sp³-hybridized carbons (Fsp3) is 0.739. The number of ether oxygens (including phenoxy) is 2. The lowest BCUT2D eigenvalue weighted by atomic mass is 10.1. The fourth-order valence-electron chi connectivity index (χ4n) is 5.68. The second-order valence-corrected chi connectivity index (χ2v) is 16.2. The SMILES string of the molecule is CCCCC/C=C\C/C=C\C/C=C\CCCCCCC(=O)OC[C@H](COP(=O)(O)OC[C@@H](O)CO)OC(=O)CCCCCCCCC/C=C\C/C=C\CCCCC. The summed E-state index contributed by atoms with van der Waals surface area (Å²) in [5, 5.41) is 18.3. The molecule has 11 heteroatoms. The van der Waals surface area contributed by atoms with Gasteiger partial charge in [0.25, 0.3) is 0 Å². The van der Waals surface area contributed by atoms with Gasteiger partial charge in [-0.05, 0) is 83.5 Å². The summed E-state index contributed by atoms with van der Waals surface area (Å²) in [6, 6.07) is 0. The van der Waals surface area contributed by atoms with Crippen molar-refractivity contribution in [3.8, 4) is 0 Å². The highest BCUT2D eigenvalue weighted by Gasteiger charge is 2.27. The number of aliphatic hydroxyl groups excluding tert-OH is 2. The first-order chi connectivity index (χ1) is 27.7. The van der Waals surface area contributed by atoms with Crippen molar-refractivity contribution in [1.29, 1.82) is 0 Å². The minimum atomic E-state index is -4.63. The van der Waals surface area contributed by atoms with Crippen molar-refractivity contribution in [3.63, 3.8) is 0 Å². The summed E-state index contributed by atoms with van der Waals surface area (Å²) in [5.41, 5.74) is 0. The number of hydrogen-bond donors (Lipinski definition) is 3. The van der Waals surface area contributed by atoms with Gasteiger partial charge < -0.3 is 24.6 Å². The Balaban J connectivity index is 4.35. The molecule has 3 atom stereocenters. The van der Waals surface area contributed by atoms with Gasteiger partial charge >= 0.3 is 19.8 Å². The van der Waals surface area contributed by atoms with Gasteiger partial charge in [0, 0.05) is 12.8 Å². The summed E-state index contributed by atoms with van der Waals surface area (Å²) in [5.74, 6) is -0.962. The summed E-state index contributed by atoms with van der Waals surface area (Å²) >= 11 is 0. The van der Waals surface area contributed by atoms with Gasteiger partial charge in [0.1, 0.15) is 12.7 Å². The molecule has 57 heavy (non-hydrogen) atoms. The Labute approximate surface area is 346 Å². The Morgan fingerprint density at radius 3 is 1.37 bits per heavy atom. The molecule has 0 heterocycles. The van der Waals surface area contributed by atoms with Gasteiger partial charge in [0.2, 0.25) is 0 Å². The summed E-state index contributed by atoms with van der Waals surface area (Å²) in [4.78, 5) is 35.0. The van der Waals surface area contributed by atoms with E-state index in [2.05, 4.69) is 79.1 Å². The molecule has 0 aromatic rings. The highest BCUT2D eigenvalue weighted by atomic mass is 31.2. The molecular formula is C46H81O10P. The standard InChI is InChI=1S/C46H81O10P/c1-3-5-7-9-11-13-15-17-19-21-23-25-27-29-31-33-35-37-45(49)53-41-44(42-55-57(51,52)54-40-43(48)39-47)56-46(50)38-36-34-32-30-28-26-24-22-20-18-16-14-12-10-8-6-4-2/h11-14,17-20,23,25,43-44,47-48H,3-10,15-16,21-22,24,26-42H2,1-2H3,(H,51,52)/b13-11-,14-12-,19-17-,20-18-,25-23-/t43-,44+/m0/s1. The number of hydrogen-bond acceptors (Lipinski definition) is 9. The van der Waals surface area contributed by atoms with E-state index in [4.69, 9.17) is 19.1 Å². The number of carbonyl (C=O) groups excluding carboxylic acids is 2. The third-order valence-electron chi connectivity index (χ3n) is 9.14. The van der Waals surface area contributed by atoms with Crippen molar-refractivity contribution < 1.29 is 47.8 Å². The lowest BCUT2D eigenvalue weighted by molar-refractivity contribution is -0.161.